The van der Waals surface area contributed by atoms with Gasteiger partial charge in [-0.15, -0.1) is 0 Å². The molecule has 0 bridgehead atoms. The summed E-state index contributed by atoms with van der Waals surface area (Å²) in [6.07, 6.45) is 3.82. The predicted molar refractivity (Wildman–Crippen MR) is 74.5 cm³/mol. The number of H-pyrrole nitrogens is 1. The fourth-order valence-corrected chi connectivity index (χ4v) is 2.32. The second-order valence-corrected chi connectivity index (χ2v) is 4.59. The average Bonchev–Trinajstić information content (AvgIpc) is 2.84. The Hall–Kier alpha value is -2.69. The number of carbonyl (C=O) groups is 1. The summed E-state index contributed by atoms with van der Waals surface area (Å²) in [5.41, 5.74) is 3.38. The smallest absolute Gasteiger partial charge is 0.307 e. The van der Waals surface area contributed by atoms with Crippen LogP contribution >= 0.6 is 0 Å². The maximum Gasteiger partial charge on any atom is 0.307 e. The van der Waals surface area contributed by atoms with Gasteiger partial charge in [0.15, 0.2) is 0 Å². The number of aliphatic carboxylic acids is 1. The Morgan fingerprint density at radius 3 is 2.75 bits per heavy atom. The Morgan fingerprint density at radius 2 is 2.00 bits per heavy atom. The fourth-order valence-electron chi connectivity index (χ4n) is 2.32. The van der Waals surface area contributed by atoms with Crippen LogP contribution in [0, 0.1) is 0 Å². The van der Waals surface area contributed by atoms with Gasteiger partial charge in [0.2, 0.25) is 0 Å². The summed E-state index contributed by atoms with van der Waals surface area (Å²) >= 11 is 0. The molecule has 0 saturated carbocycles. The Bertz CT molecular complexity index is 750. The molecule has 0 amide bonds. The van der Waals surface area contributed by atoms with E-state index < -0.39 is 5.97 Å². The zero-order valence-corrected chi connectivity index (χ0v) is 10.7. The molecular weight excluding hydrogens is 254 g/mol. The van der Waals surface area contributed by atoms with E-state index in [-0.39, 0.29) is 6.42 Å². The highest BCUT2D eigenvalue weighted by Crippen LogP contribution is 2.22. The summed E-state index contributed by atoms with van der Waals surface area (Å²) in [5, 5.41) is 9.79. The number of hydrogen-bond acceptors (Lipinski definition) is 3. The van der Waals surface area contributed by atoms with Gasteiger partial charge >= 0.3 is 5.97 Å². The zero-order valence-electron chi connectivity index (χ0n) is 10.7. The van der Waals surface area contributed by atoms with Crippen LogP contribution in [0.4, 0.5) is 0 Å². The molecule has 2 N–H and O–H groups in total. The van der Waals surface area contributed by atoms with Crippen LogP contribution in [0.15, 0.2) is 42.9 Å². The van der Waals surface area contributed by atoms with Crippen LogP contribution in [0.25, 0.3) is 11.0 Å². The van der Waals surface area contributed by atoms with Crippen LogP contribution in [0.1, 0.15) is 16.8 Å². The van der Waals surface area contributed by atoms with Crippen molar-refractivity contribution in [2.24, 2.45) is 0 Å². The first-order chi connectivity index (χ1) is 9.74. The van der Waals surface area contributed by atoms with Crippen molar-refractivity contribution in [1.82, 2.24) is 15.0 Å². The molecule has 5 nitrogen and oxygen atoms in total. The van der Waals surface area contributed by atoms with E-state index in [4.69, 9.17) is 5.11 Å². The molecule has 0 aliphatic carbocycles. The van der Waals surface area contributed by atoms with Gasteiger partial charge in [-0.3, -0.25) is 4.79 Å². The van der Waals surface area contributed by atoms with Gasteiger partial charge < -0.3 is 10.1 Å². The maximum atomic E-state index is 10.9. The molecule has 0 atom stereocenters. The second-order valence-electron chi connectivity index (χ2n) is 4.59. The van der Waals surface area contributed by atoms with E-state index in [0.29, 0.717) is 12.1 Å². The highest BCUT2D eigenvalue weighted by Gasteiger charge is 2.13. The summed E-state index contributed by atoms with van der Waals surface area (Å²) in [4.78, 5) is 22.4. The number of benzene rings is 1. The molecule has 3 rings (SSSR count). The highest BCUT2D eigenvalue weighted by atomic mass is 16.4. The van der Waals surface area contributed by atoms with Crippen LogP contribution in [-0.2, 0) is 17.6 Å². The van der Waals surface area contributed by atoms with Gasteiger partial charge in [-0.05, 0) is 11.1 Å². The molecule has 2 heterocycles. The Labute approximate surface area is 115 Å². The molecule has 0 aliphatic rings. The van der Waals surface area contributed by atoms with Gasteiger partial charge in [0.25, 0.3) is 0 Å². The first-order valence-corrected chi connectivity index (χ1v) is 6.29. The van der Waals surface area contributed by atoms with Gasteiger partial charge in [-0.25, -0.2) is 9.97 Å². The third-order valence-corrected chi connectivity index (χ3v) is 3.19. The molecule has 2 aromatic heterocycles. The highest BCUT2D eigenvalue weighted by molar-refractivity contribution is 5.86. The quantitative estimate of drug-likeness (QED) is 0.759. The Morgan fingerprint density at radius 1 is 1.20 bits per heavy atom. The standard InChI is InChI=1S/C15H13N3O2/c19-13(20)7-11-8-16-15-14(11)12(17-9-18-15)6-10-4-2-1-3-5-10/h1-5,8-9H,6-7H2,(H,19,20)(H,16,17,18). The molecule has 0 radical (unpaired) electrons. The fraction of sp³-hybridized carbons (Fsp3) is 0.133. The summed E-state index contributed by atoms with van der Waals surface area (Å²) in [6, 6.07) is 9.96. The molecule has 0 aliphatic heterocycles. The monoisotopic (exact) mass is 267 g/mol. The summed E-state index contributed by atoms with van der Waals surface area (Å²) < 4.78 is 0. The van der Waals surface area contributed by atoms with Crippen LogP contribution in [0.2, 0.25) is 0 Å². The second kappa shape index (κ2) is 5.13. The van der Waals surface area contributed by atoms with E-state index in [0.717, 1.165) is 22.2 Å². The minimum atomic E-state index is -0.861. The lowest BCUT2D eigenvalue weighted by molar-refractivity contribution is -0.136. The van der Waals surface area contributed by atoms with Gasteiger partial charge in [0, 0.05) is 18.0 Å². The summed E-state index contributed by atoms with van der Waals surface area (Å²) in [6.45, 7) is 0. The van der Waals surface area contributed by atoms with Crippen molar-refractivity contribution in [2.75, 3.05) is 0 Å². The average molecular weight is 267 g/mol. The van der Waals surface area contributed by atoms with Crippen molar-refractivity contribution in [3.8, 4) is 0 Å². The lowest BCUT2D eigenvalue weighted by Gasteiger charge is -2.04. The molecule has 0 fully saturated rings. The van der Waals surface area contributed by atoms with Crippen LogP contribution in [0.5, 0.6) is 0 Å². The number of rotatable bonds is 4. The summed E-state index contributed by atoms with van der Waals surface area (Å²) in [7, 11) is 0. The first kappa shape index (κ1) is 12.3. The number of carboxylic acids is 1. The number of aromatic amines is 1. The normalized spacial score (nSPS) is 10.8. The molecule has 100 valence electrons. The minimum Gasteiger partial charge on any atom is -0.481 e. The molecule has 20 heavy (non-hydrogen) atoms. The zero-order chi connectivity index (χ0) is 13.9. The van der Waals surface area contributed by atoms with Crippen LogP contribution in [-0.4, -0.2) is 26.0 Å². The van der Waals surface area contributed by atoms with Crippen LogP contribution < -0.4 is 0 Å². The van der Waals surface area contributed by atoms with Crippen molar-refractivity contribution in [3.05, 3.63) is 59.7 Å². The number of nitrogens with zero attached hydrogens (tertiary/aromatic N) is 2. The largest absolute Gasteiger partial charge is 0.481 e. The third kappa shape index (κ3) is 2.38. The molecule has 5 heteroatoms. The molecule has 0 unspecified atom stereocenters. The minimum absolute atomic E-state index is 0.0326. The number of aromatic nitrogens is 3. The van der Waals surface area contributed by atoms with Crippen molar-refractivity contribution in [2.45, 2.75) is 12.8 Å². The topological polar surface area (TPSA) is 78.9 Å². The SMILES string of the molecule is O=C(O)Cc1c[nH]c2ncnc(Cc3ccccc3)c12. The van der Waals surface area contributed by atoms with Crippen molar-refractivity contribution in [1.29, 1.82) is 0 Å². The van der Waals surface area contributed by atoms with Crippen molar-refractivity contribution < 1.29 is 9.90 Å². The Balaban J connectivity index is 2.05. The third-order valence-electron chi connectivity index (χ3n) is 3.19. The van der Waals surface area contributed by atoms with Gasteiger partial charge in [0.05, 0.1) is 12.1 Å². The lowest BCUT2D eigenvalue weighted by Crippen LogP contribution is -2.01. The van der Waals surface area contributed by atoms with E-state index in [1.807, 2.05) is 30.3 Å². The van der Waals surface area contributed by atoms with E-state index in [9.17, 15) is 4.79 Å². The maximum absolute atomic E-state index is 10.9. The van der Waals surface area contributed by atoms with Crippen molar-refractivity contribution >= 4 is 17.0 Å². The number of nitrogens with one attached hydrogen (secondary N) is 1. The van der Waals surface area contributed by atoms with Gasteiger partial charge in [-0.2, -0.15) is 0 Å². The summed E-state index contributed by atoms with van der Waals surface area (Å²) in [5.74, 6) is -0.861. The van der Waals surface area contributed by atoms with Crippen molar-refractivity contribution in [3.63, 3.8) is 0 Å². The molecule has 3 aromatic rings. The van der Waals surface area contributed by atoms with Crippen LogP contribution in [0.3, 0.4) is 0 Å². The Kier molecular flexibility index (Phi) is 3.16. The molecule has 1 aromatic carbocycles. The number of fused-ring (bicyclic) bond motifs is 1. The first-order valence-electron chi connectivity index (χ1n) is 6.29. The predicted octanol–water partition coefficient (Wildman–Crippen LogP) is 2.18. The van der Waals surface area contributed by atoms with Gasteiger partial charge in [-0.1, -0.05) is 30.3 Å². The van der Waals surface area contributed by atoms with E-state index in [2.05, 4.69) is 15.0 Å². The molecular formula is C15H13N3O2. The van der Waals surface area contributed by atoms with E-state index in [1.54, 1.807) is 6.20 Å². The van der Waals surface area contributed by atoms with E-state index in [1.165, 1.54) is 6.33 Å². The van der Waals surface area contributed by atoms with Gasteiger partial charge in [0.1, 0.15) is 12.0 Å². The number of hydrogen-bond donors (Lipinski definition) is 2. The molecule has 0 spiro atoms. The molecule has 0 saturated heterocycles. The lowest BCUT2D eigenvalue weighted by atomic mass is 10.0. The van der Waals surface area contributed by atoms with E-state index >= 15 is 0 Å². The number of carboxylic acid groups (broad SMARTS) is 1.